The first-order valence-electron chi connectivity index (χ1n) is 7.57. The van der Waals surface area contributed by atoms with Crippen LogP contribution in [0.4, 0.5) is 11.6 Å². The van der Waals surface area contributed by atoms with E-state index in [0.717, 1.165) is 55.9 Å². The number of aromatic nitrogens is 2. The Balaban J connectivity index is 2.11. The van der Waals surface area contributed by atoms with Gasteiger partial charge in [0.15, 0.2) is 0 Å². The summed E-state index contributed by atoms with van der Waals surface area (Å²) in [6.45, 7) is 9.56. The van der Waals surface area contributed by atoms with Gasteiger partial charge >= 0.3 is 0 Å². The van der Waals surface area contributed by atoms with Gasteiger partial charge in [0.1, 0.15) is 17.5 Å². The lowest BCUT2D eigenvalue weighted by Gasteiger charge is -2.24. The lowest BCUT2D eigenvalue weighted by atomic mass is 10.3. The van der Waals surface area contributed by atoms with Gasteiger partial charge in [0.2, 0.25) is 0 Å². The number of nitrogens with one attached hydrogen (secondary N) is 1. The Morgan fingerprint density at radius 1 is 1.26 bits per heavy atom. The van der Waals surface area contributed by atoms with Crippen molar-refractivity contribution in [1.29, 1.82) is 0 Å². The molecule has 2 rings (SSSR count). The van der Waals surface area contributed by atoms with Gasteiger partial charge in [-0.05, 0) is 38.5 Å². The lowest BCUT2D eigenvalue weighted by Crippen LogP contribution is -2.28. The van der Waals surface area contributed by atoms with E-state index in [-0.39, 0.29) is 0 Å². The molecule has 106 valence electrons. The molecule has 0 aromatic carbocycles. The summed E-state index contributed by atoms with van der Waals surface area (Å²) in [5, 5.41) is 3.36. The molecule has 1 heterocycles. The normalized spacial score (nSPS) is 14.5. The molecule has 4 nitrogen and oxygen atoms in total. The standard InChI is InChI=1S/C15H26N4/c1-4-8-16-14-10-15(18-12(3)17-14)19(9-5-2)11-13-6-7-13/h10,13H,4-9,11H2,1-3H3,(H,16,17,18). The highest BCUT2D eigenvalue weighted by Crippen LogP contribution is 2.31. The molecule has 0 unspecified atom stereocenters. The zero-order valence-electron chi connectivity index (χ0n) is 12.4. The molecule has 1 aliphatic rings. The van der Waals surface area contributed by atoms with Crippen molar-refractivity contribution in [3.63, 3.8) is 0 Å². The van der Waals surface area contributed by atoms with Gasteiger partial charge in [0.25, 0.3) is 0 Å². The maximum atomic E-state index is 4.62. The Morgan fingerprint density at radius 2 is 2.05 bits per heavy atom. The first-order valence-corrected chi connectivity index (χ1v) is 7.57. The number of hydrogen-bond donors (Lipinski definition) is 1. The summed E-state index contributed by atoms with van der Waals surface area (Å²) in [5.41, 5.74) is 0. The third kappa shape index (κ3) is 4.37. The highest BCUT2D eigenvalue weighted by atomic mass is 15.2. The fourth-order valence-corrected chi connectivity index (χ4v) is 2.24. The molecule has 1 aromatic rings. The van der Waals surface area contributed by atoms with Crippen molar-refractivity contribution in [2.75, 3.05) is 29.9 Å². The van der Waals surface area contributed by atoms with Gasteiger partial charge in [-0.3, -0.25) is 0 Å². The molecule has 0 radical (unpaired) electrons. The van der Waals surface area contributed by atoms with Crippen LogP contribution in [0.5, 0.6) is 0 Å². The summed E-state index contributed by atoms with van der Waals surface area (Å²) >= 11 is 0. The minimum atomic E-state index is 0.855. The maximum absolute atomic E-state index is 4.62. The minimum Gasteiger partial charge on any atom is -0.370 e. The first-order chi connectivity index (χ1) is 9.22. The van der Waals surface area contributed by atoms with E-state index in [1.165, 1.54) is 12.8 Å². The average molecular weight is 262 g/mol. The number of nitrogens with zero attached hydrogens (tertiary/aromatic N) is 3. The van der Waals surface area contributed by atoms with Gasteiger partial charge in [-0.25, -0.2) is 9.97 Å². The third-order valence-electron chi connectivity index (χ3n) is 3.37. The van der Waals surface area contributed by atoms with Crippen LogP contribution in [0.3, 0.4) is 0 Å². The number of rotatable bonds is 8. The SMILES string of the molecule is CCCNc1cc(N(CCC)CC2CC2)nc(C)n1. The van der Waals surface area contributed by atoms with Crippen LogP contribution in [0.25, 0.3) is 0 Å². The molecule has 0 aliphatic heterocycles. The molecule has 0 bridgehead atoms. The van der Waals surface area contributed by atoms with Gasteiger partial charge in [0, 0.05) is 25.7 Å². The summed E-state index contributed by atoms with van der Waals surface area (Å²) in [5.74, 6) is 3.78. The second-order valence-electron chi connectivity index (χ2n) is 5.47. The van der Waals surface area contributed by atoms with E-state index in [9.17, 15) is 0 Å². The van der Waals surface area contributed by atoms with Gasteiger partial charge in [-0.2, -0.15) is 0 Å². The molecule has 4 heteroatoms. The molecule has 0 saturated heterocycles. The van der Waals surface area contributed by atoms with Crippen LogP contribution >= 0.6 is 0 Å². The largest absolute Gasteiger partial charge is 0.370 e. The summed E-state index contributed by atoms with van der Waals surface area (Å²) in [6, 6.07) is 2.10. The molecular weight excluding hydrogens is 236 g/mol. The smallest absolute Gasteiger partial charge is 0.134 e. The molecule has 0 atom stereocenters. The first kappa shape index (κ1) is 14.1. The Hall–Kier alpha value is -1.32. The van der Waals surface area contributed by atoms with Crippen molar-refractivity contribution < 1.29 is 0 Å². The molecular formula is C15H26N4. The van der Waals surface area contributed by atoms with Crippen molar-refractivity contribution in [2.45, 2.75) is 46.5 Å². The quantitative estimate of drug-likeness (QED) is 0.781. The fraction of sp³-hybridized carbons (Fsp3) is 0.733. The highest BCUT2D eigenvalue weighted by molar-refractivity contribution is 5.49. The van der Waals surface area contributed by atoms with Crippen molar-refractivity contribution >= 4 is 11.6 Å². The van der Waals surface area contributed by atoms with Gasteiger partial charge in [-0.15, -0.1) is 0 Å². The highest BCUT2D eigenvalue weighted by Gasteiger charge is 2.25. The van der Waals surface area contributed by atoms with Crippen LogP contribution in [-0.4, -0.2) is 29.6 Å². The van der Waals surface area contributed by atoms with Crippen molar-refractivity contribution in [2.24, 2.45) is 5.92 Å². The monoisotopic (exact) mass is 262 g/mol. The molecule has 0 amide bonds. The van der Waals surface area contributed by atoms with Crippen LogP contribution in [0, 0.1) is 12.8 Å². The second kappa shape index (κ2) is 6.73. The van der Waals surface area contributed by atoms with E-state index < -0.39 is 0 Å². The number of hydrogen-bond acceptors (Lipinski definition) is 4. The van der Waals surface area contributed by atoms with E-state index in [0.29, 0.717) is 0 Å². The van der Waals surface area contributed by atoms with Gasteiger partial charge in [-0.1, -0.05) is 13.8 Å². The minimum absolute atomic E-state index is 0.855. The Bertz CT molecular complexity index is 401. The second-order valence-corrected chi connectivity index (χ2v) is 5.47. The van der Waals surface area contributed by atoms with E-state index in [2.05, 4.69) is 40.1 Å². The van der Waals surface area contributed by atoms with Crippen LogP contribution < -0.4 is 10.2 Å². The molecule has 19 heavy (non-hydrogen) atoms. The van der Waals surface area contributed by atoms with Crippen LogP contribution in [0.15, 0.2) is 6.07 Å². The van der Waals surface area contributed by atoms with Crippen LogP contribution in [-0.2, 0) is 0 Å². The zero-order chi connectivity index (χ0) is 13.7. The lowest BCUT2D eigenvalue weighted by molar-refractivity contribution is 0.696. The summed E-state index contributed by atoms with van der Waals surface area (Å²) in [7, 11) is 0. The third-order valence-corrected chi connectivity index (χ3v) is 3.37. The number of anilines is 2. The molecule has 1 N–H and O–H groups in total. The predicted molar refractivity (Wildman–Crippen MR) is 80.8 cm³/mol. The van der Waals surface area contributed by atoms with E-state index in [4.69, 9.17) is 0 Å². The number of aryl methyl sites for hydroxylation is 1. The maximum Gasteiger partial charge on any atom is 0.134 e. The van der Waals surface area contributed by atoms with Crippen LogP contribution in [0.2, 0.25) is 0 Å². The summed E-state index contributed by atoms with van der Waals surface area (Å²) in [6.07, 6.45) is 5.03. The van der Waals surface area contributed by atoms with Crippen molar-refractivity contribution in [1.82, 2.24) is 9.97 Å². The molecule has 1 fully saturated rings. The van der Waals surface area contributed by atoms with Crippen molar-refractivity contribution in [3.05, 3.63) is 11.9 Å². The molecule has 1 aromatic heterocycles. The zero-order valence-corrected chi connectivity index (χ0v) is 12.4. The Labute approximate surface area is 116 Å². The van der Waals surface area contributed by atoms with E-state index >= 15 is 0 Å². The summed E-state index contributed by atoms with van der Waals surface area (Å²) < 4.78 is 0. The van der Waals surface area contributed by atoms with Gasteiger partial charge < -0.3 is 10.2 Å². The van der Waals surface area contributed by atoms with Crippen LogP contribution in [0.1, 0.15) is 45.4 Å². The Kier molecular flexibility index (Phi) is 5.00. The predicted octanol–water partition coefficient (Wildman–Crippen LogP) is 3.23. The fourth-order valence-electron chi connectivity index (χ4n) is 2.24. The summed E-state index contributed by atoms with van der Waals surface area (Å²) in [4.78, 5) is 11.5. The molecule has 1 aliphatic carbocycles. The average Bonchev–Trinajstić information content (AvgIpc) is 3.19. The van der Waals surface area contributed by atoms with Crippen molar-refractivity contribution in [3.8, 4) is 0 Å². The van der Waals surface area contributed by atoms with E-state index in [1.54, 1.807) is 0 Å². The molecule has 0 spiro atoms. The Morgan fingerprint density at radius 3 is 2.68 bits per heavy atom. The molecule has 1 saturated carbocycles. The van der Waals surface area contributed by atoms with Gasteiger partial charge in [0.05, 0.1) is 0 Å². The topological polar surface area (TPSA) is 41.0 Å². The van der Waals surface area contributed by atoms with E-state index in [1.807, 2.05) is 6.92 Å².